The number of rotatable bonds is 3. The monoisotopic (exact) mass is 381 g/mol. The topological polar surface area (TPSA) is 63.6 Å². The van der Waals surface area contributed by atoms with Gasteiger partial charge in [0.05, 0.1) is 16.8 Å². The quantitative estimate of drug-likeness (QED) is 0.531. The molecule has 140 valence electrons. The van der Waals surface area contributed by atoms with Gasteiger partial charge in [0.2, 0.25) is 0 Å². The molecule has 1 N–H and O–H groups in total. The lowest BCUT2D eigenvalue weighted by Gasteiger charge is -2.12. The lowest BCUT2D eigenvalue weighted by molar-refractivity contribution is -0.137. The fourth-order valence-corrected chi connectivity index (χ4v) is 2.84. The summed E-state index contributed by atoms with van der Waals surface area (Å²) < 4.78 is 38.0. The molecule has 0 unspecified atom stereocenters. The molecule has 3 heterocycles. The summed E-state index contributed by atoms with van der Waals surface area (Å²) in [6, 6.07) is 11.9. The van der Waals surface area contributed by atoms with Crippen LogP contribution in [0.25, 0.3) is 22.2 Å². The Hall–Kier alpha value is -3.55. The van der Waals surface area contributed by atoms with Crippen LogP contribution in [0.15, 0.2) is 61.2 Å². The second-order valence-corrected chi connectivity index (χ2v) is 6.16. The maximum absolute atomic E-state index is 12.7. The normalized spacial score (nSPS) is 11.6. The molecule has 8 heteroatoms. The fraction of sp³-hybridized carbons (Fsp3) is 0.100. The first kappa shape index (κ1) is 17.8. The molecule has 4 aromatic rings. The Labute approximate surface area is 158 Å². The molecule has 4 rings (SSSR count). The first-order valence-electron chi connectivity index (χ1n) is 8.39. The van der Waals surface area contributed by atoms with Crippen LogP contribution in [-0.2, 0) is 6.18 Å². The molecule has 5 nitrogen and oxygen atoms in total. The average molecular weight is 381 g/mol. The molecule has 0 saturated heterocycles. The van der Waals surface area contributed by atoms with E-state index in [1.807, 2.05) is 37.3 Å². The Morgan fingerprint density at radius 3 is 2.54 bits per heavy atom. The zero-order valence-electron chi connectivity index (χ0n) is 14.7. The standard InChI is InChI=1S/C20H14F3N5/c1-12-18(14-5-4-13-3-2-8-24-16(13)9-14)26-11-27-19(12)28-17-7-6-15(10-25-17)20(21,22)23/h2-11H,1H3,(H,25,26,27,28). The number of benzene rings is 1. The summed E-state index contributed by atoms with van der Waals surface area (Å²) in [5, 5.41) is 3.97. The third-order valence-corrected chi connectivity index (χ3v) is 4.30. The molecule has 0 aliphatic carbocycles. The summed E-state index contributed by atoms with van der Waals surface area (Å²) in [4.78, 5) is 16.7. The minimum atomic E-state index is -4.42. The first-order valence-corrected chi connectivity index (χ1v) is 8.39. The highest BCUT2D eigenvalue weighted by Crippen LogP contribution is 2.31. The number of nitrogens with zero attached hydrogens (tertiary/aromatic N) is 4. The average Bonchev–Trinajstić information content (AvgIpc) is 2.69. The SMILES string of the molecule is Cc1c(Nc2ccc(C(F)(F)F)cn2)ncnc1-c1ccc2cccnc2c1. The van der Waals surface area contributed by atoms with Crippen LogP contribution in [-0.4, -0.2) is 19.9 Å². The maximum Gasteiger partial charge on any atom is 0.417 e. The van der Waals surface area contributed by atoms with Gasteiger partial charge in [-0.3, -0.25) is 4.98 Å². The lowest BCUT2D eigenvalue weighted by Crippen LogP contribution is -2.06. The summed E-state index contributed by atoms with van der Waals surface area (Å²) in [6.07, 6.45) is -0.512. The smallest absolute Gasteiger partial charge is 0.325 e. The van der Waals surface area contributed by atoms with Gasteiger partial charge in [0.25, 0.3) is 0 Å². The highest BCUT2D eigenvalue weighted by atomic mass is 19.4. The van der Waals surface area contributed by atoms with Crippen molar-refractivity contribution in [2.75, 3.05) is 5.32 Å². The minimum Gasteiger partial charge on any atom is -0.325 e. The number of alkyl halides is 3. The Kier molecular flexibility index (Phi) is 4.38. The van der Waals surface area contributed by atoms with E-state index in [9.17, 15) is 13.2 Å². The van der Waals surface area contributed by atoms with Crippen LogP contribution in [0, 0.1) is 6.92 Å². The highest BCUT2D eigenvalue weighted by molar-refractivity contribution is 5.84. The molecule has 0 spiro atoms. The third kappa shape index (κ3) is 3.48. The summed E-state index contributed by atoms with van der Waals surface area (Å²) in [7, 11) is 0. The summed E-state index contributed by atoms with van der Waals surface area (Å²) in [6.45, 7) is 1.84. The van der Waals surface area contributed by atoms with Crippen molar-refractivity contribution >= 4 is 22.5 Å². The van der Waals surface area contributed by atoms with E-state index in [0.29, 0.717) is 11.5 Å². The van der Waals surface area contributed by atoms with Gasteiger partial charge in [-0.2, -0.15) is 13.2 Å². The molecule has 3 aromatic heterocycles. The predicted octanol–water partition coefficient (Wildman–Crippen LogP) is 5.16. The van der Waals surface area contributed by atoms with Crippen LogP contribution in [0.5, 0.6) is 0 Å². The van der Waals surface area contributed by atoms with Crippen molar-refractivity contribution in [1.29, 1.82) is 0 Å². The first-order chi connectivity index (χ1) is 13.4. The van der Waals surface area contributed by atoms with E-state index in [1.165, 1.54) is 12.4 Å². The van der Waals surface area contributed by atoms with Gasteiger partial charge in [-0.05, 0) is 31.2 Å². The molecule has 0 aliphatic heterocycles. The number of nitrogens with one attached hydrogen (secondary N) is 1. The zero-order valence-corrected chi connectivity index (χ0v) is 14.7. The second kappa shape index (κ2) is 6.88. The molecule has 0 aliphatic rings. The molecule has 0 amide bonds. The summed E-state index contributed by atoms with van der Waals surface area (Å²) in [5.41, 5.74) is 2.37. The molecule has 0 atom stereocenters. The van der Waals surface area contributed by atoms with Crippen LogP contribution in [0.4, 0.5) is 24.8 Å². The number of hydrogen-bond donors (Lipinski definition) is 1. The Balaban J connectivity index is 1.66. The van der Waals surface area contributed by atoms with Crippen molar-refractivity contribution in [3.63, 3.8) is 0 Å². The third-order valence-electron chi connectivity index (χ3n) is 4.30. The van der Waals surface area contributed by atoms with Crippen LogP contribution in [0.1, 0.15) is 11.1 Å². The molecule has 0 fully saturated rings. The van der Waals surface area contributed by atoms with Crippen LogP contribution < -0.4 is 5.32 Å². The largest absolute Gasteiger partial charge is 0.417 e. The van der Waals surface area contributed by atoms with Crippen molar-refractivity contribution in [2.24, 2.45) is 0 Å². The molecular formula is C20H14F3N5. The van der Waals surface area contributed by atoms with Crippen molar-refractivity contribution in [3.05, 3.63) is 72.3 Å². The number of halogens is 3. The number of pyridine rings is 2. The molecular weight excluding hydrogens is 367 g/mol. The van der Waals surface area contributed by atoms with Gasteiger partial charge in [-0.25, -0.2) is 15.0 Å². The van der Waals surface area contributed by atoms with Crippen LogP contribution >= 0.6 is 0 Å². The van der Waals surface area contributed by atoms with Crippen molar-refractivity contribution in [1.82, 2.24) is 19.9 Å². The van der Waals surface area contributed by atoms with Gasteiger partial charge >= 0.3 is 6.18 Å². The maximum atomic E-state index is 12.7. The highest BCUT2D eigenvalue weighted by Gasteiger charge is 2.30. The van der Waals surface area contributed by atoms with Crippen molar-refractivity contribution < 1.29 is 13.2 Å². The molecule has 0 radical (unpaired) electrons. The van der Waals surface area contributed by atoms with Gasteiger partial charge < -0.3 is 5.32 Å². The van der Waals surface area contributed by atoms with Crippen molar-refractivity contribution in [2.45, 2.75) is 13.1 Å². The molecule has 1 aromatic carbocycles. The van der Waals surface area contributed by atoms with Gasteiger partial charge in [-0.15, -0.1) is 0 Å². The van der Waals surface area contributed by atoms with E-state index in [-0.39, 0.29) is 5.82 Å². The zero-order chi connectivity index (χ0) is 19.7. The Bertz CT molecular complexity index is 1140. The van der Waals surface area contributed by atoms with Crippen LogP contribution in [0.3, 0.4) is 0 Å². The fourth-order valence-electron chi connectivity index (χ4n) is 2.84. The summed E-state index contributed by atoms with van der Waals surface area (Å²) in [5.74, 6) is 0.735. The van der Waals surface area contributed by atoms with Gasteiger partial charge in [-0.1, -0.05) is 18.2 Å². The predicted molar refractivity (Wildman–Crippen MR) is 100 cm³/mol. The molecule has 28 heavy (non-hydrogen) atoms. The minimum absolute atomic E-state index is 0.265. The number of anilines is 2. The molecule has 0 saturated carbocycles. The van der Waals surface area contributed by atoms with Crippen LogP contribution in [0.2, 0.25) is 0 Å². The van der Waals surface area contributed by atoms with E-state index >= 15 is 0 Å². The van der Waals surface area contributed by atoms with Gasteiger partial charge in [0.15, 0.2) is 0 Å². The van der Waals surface area contributed by atoms with E-state index in [0.717, 1.165) is 34.3 Å². The number of hydrogen-bond acceptors (Lipinski definition) is 5. The molecule has 0 bridgehead atoms. The second-order valence-electron chi connectivity index (χ2n) is 6.16. The van der Waals surface area contributed by atoms with Crippen molar-refractivity contribution in [3.8, 4) is 11.3 Å². The Morgan fingerprint density at radius 1 is 0.929 bits per heavy atom. The van der Waals surface area contributed by atoms with E-state index in [2.05, 4.69) is 25.3 Å². The Morgan fingerprint density at radius 2 is 1.79 bits per heavy atom. The number of aromatic nitrogens is 4. The van der Waals surface area contributed by atoms with E-state index < -0.39 is 11.7 Å². The van der Waals surface area contributed by atoms with Gasteiger partial charge in [0, 0.05) is 28.9 Å². The van der Waals surface area contributed by atoms with Gasteiger partial charge in [0.1, 0.15) is 18.0 Å². The lowest BCUT2D eigenvalue weighted by atomic mass is 10.0. The summed E-state index contributed by atoms with van der Waals surface area (Å²) >= 11 is 0. The van der Waals surface area contributed by atoms with E-state index in [4.69, 9.17) is 0 Å². The van der Waals surface area contributed by atoms with E-state index in [1.54, 1.807) is 6.20 Å². The number of fused-ring (bicyclic) bond motifs is 1.